The summed E-state index contributed by atoms with van der Waals surface area (Å²) in [5, 5.41) is 4.26. The van der Waals surface area contributed by atoms with Crippen LogP contribution in [0.5, 0.6) is 0 Å². The van der Waals surface area contributed by atoms with Crippen molar-refractivity contribution in [2.24, 2.45) is 5.73 Å². The minimum Gasteiger partial charge on any atom is -0.325 e. The number of nitrogens with zero attached hydrogens (tertiary/aromatic N) is 3. The first kappa shape index (κ1) is 13.1. The number of rotatable bonds is 2. The van der Waals surface area contributed by atoms with Crippen LogP contribution in [-0.2, 0) is 6.54 Å². The Balaban J connectivity index is 2.22. The second kappa shape index (κ2) is 4.92. The number of halogens is 3. The summed E-state index contributed by atoms with van der Waals surface area (Å²) < 4.78 is 29.1. The van der Waals surface area contributed by atoms with E-state index < -0.39 is 11.6 Å². The summed E-state index contributed by atoms with van der Waals surface area (Å²) in [6, 6.07) is 6.52. The van der Waals surface area contributed by atoms with Gasteiger partial charge in [0, 0.05) is 12.1 Å². The number of hydrogen-bond donors (Lipinski definition) is 1. The summed E-state index contributed by atoms with van der Waals surface area (Å²) in [5.74, 6) is -1.05. The molecule has 7 heteroatoms. The van der Waals surface area contributed by atoms with Crippen LogP contribution in [0.4, 0.5) is 8.78 Å². The minimum absolute atomic E-state index is 0.0989. The van der Waals surface area contributed by atoms with Crippen molar-refractivity contribution >= 4 is 21.6 Å². The van der Waals surface area contributed by atoms with Crippen molar-refractivity contribution < 1.29 is 8.78 Å². The van der Waals surface area contributed by atoms with Gasteiger partial charge in [0.2, 0.25) is 0 Å². The molecule has 0 unspecified atom stereocenters. The number of imidazole rings is 1. The number of hydrogen-bond acceptors (Lipinski definition) is 3. The van der Waals surface area contributed by atoms with E-state index in [1.54, 1.807) is 12.1 Å². The number of aromatic nitrogens is 3. The van der Waals surface area contributed by atoms with E-state index in [9.17, 15) is 8.78 Å². The Labute approximate surface area is 121 Å². The van der Waals surface area contributed by atoms with Gasteiger partial charge in [-0.2, -0.15) is 5.10 Å². The van der Waals surface area contributed by atoms with E-state index in [1.165, 1.54) is 4.52 Å². The van der Waals surface area contributed by atoms with Crippen molar-refractivity contribution in [3.8, 4) is 11.3 Å². The molecule has 2 aromatic heterocycles. The summed E-state index contributed by atoms with van der Waals surface area (Å²) >= 11 is 3.34. The molecule has 0 bridgehead atoms. The highest BCUT2D eigenvalue weighted by Crippen LogP contribution is 2.24. The molecule has 102 valence electrons. The highest BCUT2D eigenvalue weighted by Gasteiger charge is 2.13. The van der Waals surface area contributed by atoms with Crippen LogP contribution in [-0.4, -0.2) is 14.6 Å². The molecule has 0 atom stereocenters. The third-order valence-electron chi connectivity index (χ3n) is 2.89. The van der Waals surface area contributed by atoms with Gasteiger partial charge >= 0.3 is 0 Å². The molecule has 0 fully saturated rings. The summed E-state index contributed by atoms with van der Waals surface area (Å²) in [6.07, 6.45) is 0. The second-order valence-corrected chi connectivity index (χ2v) is 4.92. The lowest BCUT2D eigenvalue weighted by Crippen LogP contribution is -1.98. The quantitative estimate of drug-likeness (QED) is 0.781. The predicted octanol–water partition coefficient (Wildman–Crippen LogP) is 2.90. The monoisotopic (exact) mass is 338 g/mol. The first-order valence-corrected chi connectivity index (χ1v) is 6.59. The van der Waals surface area contributed by atoms with Gasteiger partial charge in [-0.3, -0.25) is 0 Å². The van der Waals surface area contributed by atoms with E-state index in [-0.39, 0.29) is 12.1 Å². The fraction of sp³-hybridized carbons (Fsp3) is 0.0769. The first-order chi connectivity index (χ1) is 9.60. The molecule has 0 spiro atoms. The van der Waals surface area contributed by atoms with Crippen molar-refractivity contribution in [3.05, 3.63) is 52.3 Å². The van der Waals surface area contributed by atoms with Crippen molar-refractivity contribution in [1.29, 1.82) is 0 Å². The van der Waals surface area contributed by atoms with Gasteiger partial charge in [0.15, 0.2) is 5.65 Å². The maximum Gasteiger partial charge on any atom is 0.155 e. The number of benzene rings is 1. The first-order valence-electron chi connectivity index (χ1n) is 5.80. The average Bonchev–Trinajstić information content (AvgIpc) is 2.78. The van der Waals surface area contributed by atoms with Crippen LogP contribution in [0, 0.1) is 11.6 Å². The lowest BCUT2D eigenvalue weighted by Gasteiger charge is -2.04. The zero-order valence-electron chi connectivity index (χ0n) is 10.1. The topological polar surface area (TPSA) is 56.2 Å². The summed E-state index contributed by atoms with van der Waals surface area (Å²) in [4.78, 5) is 4.27. The normalized spacial score (nSPS) is 11.2. The lowest BCUT2D eigenvalue weighted by molar-refractivity contribution is 0.602. The summed E-state index contributed by atoms with van der Waals surface area (Å²) in [5.41, 5.74) is 7.21. The molecule has 4 nitrogen and oxygen atoms in total. The van der Waals surface area contributed by atoms with Crippen LogP contribution >= 0.6 is 15.9 Å². The van der Waals surface area contributed by atoms with Crippen LogP contribution in [0.2, 0.25) is 0 Å². The molecule has 0 aliphatic carbocycles. The second-order valence-electron chi connectivity index (χ2n) is 4.17. The Morgan fingerprint density at radius 3 is 2.75 bits per heavy atom. The molecule has 1 aromatic carbocycles. The van der Waals surface area contributed by atoms with Gasteiger partial charge in [-0.1, -0.05) is 0 Å². The van der Waals surface area contributed by atoms with Crippen molar-refractivity contribution in [1.82, 2.24) is 14.6 Å². The molecular formula is C13H9BrF2N4. The number of nitrogens with two attached hydrogens (primary N) is 1. The summed E-state index contributed by atoms with van der Waals surface area (Å²) in [6.45, 7) is 0.258. The molecule has 20 heavy (non-hydrogen) atoms. The maximum absolute atomic E-state index is 13.8. The van der Waals surface area contributed by atoms with E-state index in [1.807, 2.05) is 0 Å². The smallest absolute Gasteiger partial charge is 0.155 e. The van der Waals surface area contributed by atoms with Crippen LogP contribution in [0.1, 0.15) is 5.69 Å². The van der Waals surface area contributed by atoms with Gasteiger partial charge in [-0.25, -0.2) is 18.3 Å². The van der Waals surface area contributed by atoms with Gasteiger partial charge in [0.25, 0.3) is 0 Å². The van der Waals surface area contributed by atoms with Gasteiger partial charge in [-0.15, -0.1) is 0 Å². The predicted molar refractivity (Wildman–Crippen MR) is 73.9 cm³/mol. The van der Waals surface area contributed by atoms with E-state index >= 15 is 0 Å². The van der Waals surface area contributed by atoms with E-state index in [0.29, 0.717) is 21.6 Å². The Hall–Kier alpha value is -1.86. The van der Waals surface area contributed by atoms with Crippen molar-refractivity contribution in [2.45, 2.75) is 6.54 Å². The lowest BCUT2D eigenvalue weighted by atomic mass is 10.1. The molecule has 2 N–H and O–H groups in total. The van der Waals surface area contributed by atoms with Gasteiger partial charge in [0.05, 0.1) is 11.4 Å². The standard InChI is InChI=1S/C13H9BrF2N4/c14-13-11(6-17)18-12-4-3-10(19-20(12)13)8-5-7(15)1-2-9(8)16/h1-5H,6,17H2. The van der Waals surface area contributed by atoms with Crippen LogP contribution < -0.4 is 5.73 Å². The molecule has 2 heterocycles. The Bertz CT molecular complexity index is 800. The highest BCUT2D eigenvalue weighted by molar-refractivity contribution is 9.10. The van der Waals surface area contributed by atoms with Crippen LogP contribution in [0.15, 0.2) is 34.9 Å². The molecule has 3 rings (SSSR count). The third-order valence-corrected chi connectivity index (χ3v) is 3.68. The van der Waals surface area contributed by atoms with E-state index in [4.69, 9.17) is 5.73 Å². The molecule has 0 saturated carbocycles. The Morgan fingerprint density at radius 2 is 2.00 bits per heavy atom. The van der Waals surface area contributed by atoms with Crippen molar-refractivity contribution in [2.75, 3.05) is 0 Å². The maximum atomic E-state index is 13.8. The summed E-state index contributed by atoms with van der Waals surface area (Å²) in [7, 11) is 0. The largest absolute Gasteiger partial charge is 0.325 e. The van der Waals surface area contributed by atoms with Crippen LogP contribution in [0.25, 0.3) is 16.9 Å². The Morgan fingerprint density at radius 1 is 1.20 bits per heavy atom. The van der Waals surface area contributed by atoms with E-state index in [2.05, 4.69) is 26.0 Å². The molecular weight excluding hydrogens is 330 g/mol. The van der Waals surface area contributed by atoms with Crippen molar-refractivity contribution in [3.63, 3.8) is 0 Å². The molecule has 0 saturated heterocycles. The molecule has 3 aromatic rings. The fourth-order valence-electron chi connectivity index (χ4n) is 1.92. The number of fused-ring (bicyclic) bond motifs is 1. The molecule has 0 radical (unpaired) electrons. The molecule has 0 amide bonds. The van der Waals surface area contributed by atoms with Gasteiger partial charge < -0.3 is 5.73 Å². The molecule has 0 aliphatic rings. The SMILES string of the molecule is NCc1nc2ccc(-c3cc(F)ccc3F)nn2c1Br. The Kier molecular flexibility index (Phi) is 3.23. The fourth-order valence-corrected chi connectivity index (χ4v) is 2.43. The van der Waals surface area contributed by atoms with E-state index in [0.717, 1.165) is 18.2 Å². The van der Waals surface area contributed by atoms with Gasteiger partial charge in [-0.05, 0) is 46.3 Å². The third kappa shape index (κ3) is 2.08. The highest BCUT2D eigenvalue weighted by atomic mass is 79.9. The molecule has 0 aliphatic heterocycles. The van der Waals surface area contributed by atoms with Crippen LogP contribution in [0.3, 0.4) is 0 Å². The average molecular weight is 339 g/mol. The minimum atomic E-state index is -0.534. The van der Waals surface area contributed by atoms with Gasteiger partial charge in [0.1, 0.15) is 16.2 Å². The zero-order chi connectivity index (χ0) is 14.3. The zero-order valence-corrected chi connectivity index (χ0v) is 11.7.